The smallest absolute Gasteiger partial charge is 0.169 e. The minimum Gasteiger partial charge on any atom is -0.327 e. The van der Waals surface area contributed by atoms with Crippen LogP contribution >= 0.6 is 11.3 Å². The summed E-state index contributed by atoms with van der Waals surface area (Å²) in [6.07, 6.45) is 5.27. The van der Waals surface area contributed by atoms with Gasteiger partial charge in [0, 0.05) is 31.0 Å². The molecule has 2 heterocycles. The molecule has 2 rings (SSSR count). The first-order chi connectivity index (χ1) is 5.38. The second-order valence-corrected chi connectivity index (χ2v) is 2.95. The van der Waals surface area contributed by atoms with E-state index in [4.69, 9.17) is 0 Å². The van der Waals surface area contributed by atoms with Crippen molar-refractivity contribution in [2.24, 2.45) is 0 Å². The van der Waals surface area contributed by atoms with Crippen molar-refractivity contribution < 1.29 is 0 Å². The molecule has 3 nitrogen and oxygen atoms in total. The van der Waals surface area contributed by atoms with E-state index in [-0.39, 0.29) is 0 Å². The topological polar surface area (TPSA) is 30.7 Å². The molecule has 55 valence electrons. The molecule has 0 amide bonds. The molecule has 0 atom stereocenters. The number of imidazole rings is 1. The summed E-state index contributed by atoms with van der Waals surface area (Å²) in [7, 11) is 3.76. The fraction of sp³-hybridized carbons (Fsp3) is 0. The van der Waals surface area contributed by atoms with Gasteiger partial charge < -0.3 is 4.57 Å². The summed E-state index contributed by atoms with van der Waals surface area (Å²) >= 11 is 1.56. The zero-order valence-electron chi connectivity index (χ0n) is 5.77. The molecule has 0 aliphatic carbocycles. The summed E-state index contributed by atoms with van der Waals surface area (Å²) in [6, 6.07) is 0. The van der Waals surface area contributed by atoms with Crippen molar-refractivity contribution in [1.82, 2.24) is 14.5 Å². The Balaban J connectivity index is 2.53. The van der Waals surface area contributed by atoms with Crippen LogP contribution in [0.4, 0.5) is 0 Å². The van der Waals surface area contributed by atoms with Gasteiger partial charge in [0.1, 0.15) is 0 Å². The highest BCUT2D eigenvalue weighted by Crippen LogP contribution is 2.18. The maximum Gasteiger partial charge on any atom is 0.169 e. The van der Waals surface area contributed by atoms with Gasteiger partial charge in [-0.05, 0) is 0 Å². The Hall–Kier alpha value is -1.16. The van der Waals surface area contributed by atoms with Crippen LogP contribution in [-0.4, -0.2) is 14.5 Å². The number of nitrogens with zero attached hydrogens (tertiary/aromatic N) is 3. The fourth-order valence-corrected chi connectivity index (χ4v) is 1.49. The van der Waals surface area contributed by atoms with E-state index in [1.807, 2.05) is 5.38 Å². The highest BCUT2D eigenvalue weighted by molar-refractivity contribution is 7.13. The second kappa shape index (κ2) is 2.47. The molecule has 0 bridgehead atoms. The monoisotopic (exact) mass is 164 g/mol. The highest BCUT2D eigenvalue weighted by Gasteiger charge is 2.03. The third kappa shape index (κ3) is 1.05. The van der Waals surface area contributed by atoms with Crippen LogP contribution in [0.25, 0.3) is 10.8 Å². The maximum absolute atomic E-state index is 4.11. The Morgan fingerprint density at radius 3 is 2.82 bits per heavy atom. The molecule has 0 aliphatic heterocycles. The van der Waals surface area contributed by atoms with Crippen LogP contribution in [0.5, 0.6) is 0 Å². The number of hydrogen-bond donors (Lipinski definition) is 0. The Morgan fingerprint density at radius 2 is 2.27 bits per heavy atom. The van der Waals surface area contributed by atoms with Crippen molar-refractivity contribution in [3.63, 3.8) is 0 Å². The molecule has 1 radical (unpaired) electrons. The van der Waals surface area contributed by atoms with Crippen LogP contribution in [0.1, 0.15) is 0 Å². The van der Waals surface area contributed by atoms with Crippen LogP contribution in [0.2, 0.25) is 0 Å². The van der Waals surface area contributed by atoms with E-state index in [1.54, 1.807) is 34.5 Å². The van der Waals surface area contributed by atoms with Crippen LogP contribution in [-0.2, 0) is 0 Å². The van der Waals surface area contributed by atoms with Crippen molar-refractivity contribution in [3.05, 3.63) is 31.0 Å². The molecule has 4 heteroatoms. The lowest BCUT2D eigenvalue weighted by Crippen LogP contribution is -1.87. The van der Waals surface area contributed by atoms with Crippen molar-refractivity contribution in [2.75, 3.05) is 0 Å². The lowest BCUT2D eigenvalue weighted by molar-refractivity contribution is 1.07. The Morgan fingerprint density at radius 1 is 1.36 bits per heavy atom. The average Bonchev–Trinajstić information content (AvgIpc) is 2.55. The predicted octanol–water partition coefficient (Wildman–Crippen LogP) is 1.65. The zero-order valence-corrected chi connectivity index (χ0v) is 6.58. The molecule has 0 unspecified atom stereocenters. The van der Waals surface area contributed by atoms with Gasteiger partial charge in [-0.1, -0.05) is 0 Å². The van der Waals surface area contributed by atoms with E-state index in [1.165, 1.54) is 0 Å². The molecule has 0 aromatic carbocycles. The summed E-state index contributed by atoms with van der Waals surface area (Å²) in [6.45, 7) is 0. The van der Waals surface area contributed by atoms with Gasteiger partial charge in [-0.3, -0.25) is 0 Å². The minimum atomic E-state index is 0.819. The lowest BCUT2D eigenvalue weighted by atomic mass is 10.6. The van der Waals surface area contributed by atoms with Crippen molar-refractivity contribution >= 4 is 11.3 Å². The van der Waals surface area contributed by atoms with E-state index in [0.717, 1.165) is 10.8 Å². The van der Waals surface area contributed by atoms with Crippen LogP contribution in [0.3, 0.4) is 0 Å². The first-order valence-electron chi connectivity index (χ1n) is 3.12. The van der Waals surface area contributed by atoms with Gasteiger partial charge in [0.15, 0.2) is 10.8 Å². The number of rotatable bonds is 1. The van der Waals surface area contributed by atoms with E-state index >= 15 is 0 Å². The van der Waals surface area contributed by atoms with Crippen LogP contribution in [0, 0.1) is 7.05 Å². The quantitative estimate of drug-likeness (QED) is 0.641. The SMILES string of the molecule is [CH2]n1ccnc1-c1nccs1. The molecule has 2 aromatic heterocycles. The molecular formula is C7H6N3S. The van der Waals surface area contributed by atoms with Crippen LogP contribution < -0.4 is 0 Å². The van der Waals surface area contributed by atoms with E-state index in [0.29, 0.717) is 0 Å². The number of hydrogen-bond acceptors (Lipinski definition) is 3. The van der Waals surface area contributed by atoms with E-state index < -0.39 is 0 Å². The molecule has 11 heavy (non-hydrogen) atoms. The van der Waals surface area contributed by atoms with Gasteiger partial charge in [0.25, 0.3) is 0 Å². The zero-order chi connectivity index (χ0) is 7.68. The van der Waals surface area contributed by atoms with Gasteiger partial charge >= 0.3 is 0 Å². The first-order valence-corrected chi connectivity index (χ1v) is 4.00. The standard InChI is InChI=1S/C7H6N3S/c1-10-4-2-8-6(10)7-9-3-5-11-7/h2-5H,1H2. The van der Waals surface area contributed by atoms with Crippen molar-refractivity contribution in [3.8, 4) is 10.8 Å². The fourth-order valence-electron chi connectivity index (χ4n) is 0.841. The summed E-state index contributed by atoms with van der Waals surface area (Å²) in [5.41, 5.74) is 0. The Kier molecular flexibility index (Phi) is 1.47. The molecular weight excluding hydrogens is 158 g/mol. The van der Waals surface area contributed by atoms with Crippen molar-refractivity contribution in [1.29, 1.82) is 0 Å². The van der Waals surface area contributed by atoms with Gasteiger partial charge in [-0.2, -0.15) is 0 Å². The van der Waals surface area contributed by atoms with Gasteiger partial charge in [0.2, 0.25) is 0 Å². The molecule has 0 aliphatic rings. The minimum absolute atomic E-state index is 0.819. The highest BCUT2D eigenvalue weighted by atomic mass is 32.1. The van der Waals surface area contributed by atoms with E-state index in [2.05, 4.69) is 17.0 Å². The molecule has 0 saturated heterocycles. The average molecular weight is 164 g/mol. The second-order valence-electron chi connectivity index (χ2n) is 2.06. The van der Waals surface area contributed by atoms with Gasteiger partial charge in [-0.15, -0.1) is 11.3 Å². The largest absolute Gasteiger partial charge is 0.327 e. The predicted molar refractivity (Wildman–Crippen MR) is 44.1 cm³/mol. The molecule has 0 fully saturated rings. The lowest BCUT2D eigenvalue weighted by Gasteiger charge is -1.93. The van der Waals surface area contributed by atoms with Crippen LogP contribution in [0.15, 0.2) is 24.0 Å². The first kappa shape index (κ1) is 6.54. The van der Waals surface area contributed by atoms with Crippen molar-refractivity contribution in [2.45, 2.75) is 0 Å². The summed E-state index contributed by atoms with van der Waals surface area (Å²) in [4.78, 5) is 8.22. The number of thiazole rings is 1. The Labute approximate surface area is 68.4 Å². The van der Waals surface area contributed by atoms with E-state index in [9.17, 15) is 0 Å². The summed E-state index contributed by atoms with van der Waals surface area (Å²) in [5.74, 6) is 0.819. The molecule has 2 aromatic rings. The Bertz CT molecular complexity index is 336. The molecule has 0 saturated carbocycles. The summed E-state index contributed by atoms with van der Waals surface area (Å²) in [5, 5.41) is 2.83. The third-order valence-corrected chi connectivity index (χ3v) is 2.11. The van der Waals surface area contributed by atoms with Gasteiger partial charge in [-0.25, -0.2) is 9.97 Å². The molecule has 0 spiro atoms. The number of aromatic nitrogens is 3. The maximum atomic E-state index is 4.11. The van der Waals surface area contributed by atoms with Gasteiger partial charge in [0.05, 0.1) is 0 Å². The molecule has 0 N–H and O–H groups in total. The third-order valence-electron chi connectivity index (χ3n) is 1.34. The summed E-state index contributed by atoms with van der Waals surface area (Å²) < 4.78 is 1.71. The normalized spacial score (nSPS) is 10.3.